The fourth-order valence-corrected chi connectivity index (χ4v) is 4.09. The van der Waals surface area contributed by atoms with Crippen molar-refractivity contribution in [1.82, 2.24) is 15.2 Å². The zero-order chi connectivity index (χ0) is 20.9. The molecular weight excluding hydrogens is 424 g/mol. The Balaban J connectivity index is 1.34. The minimum atomic E-state index is -0.202. The van der Waals surface area contributed by atoms with Gasteiger partial charge in [-0.25, -0.2) is 4.98 Å². The summed E-state index contributed by atoms with van der Waals surface area (Å²) in [6.07, 6.45) is 0. The van der Waals surface area contributed by atoms with Crippen molar-refractivity contribution in [2.24, 2.45) is 0 Å². The number of thiazole rings is 1. The highest BCUT2D eigenvalue weighted by molar-refractivity contribution is 7.99. The molecule has 8 nitrogen and oxygen atoms in total. The van der Waals surface area contributed by atoms with Crippen LogP contribution in [0.5, 0.6) is 11.5 Å². The Kier molecular flexibility index (Phi) is 6.15. The molecule has 0 unspecified atom stereocenters. The lowest BCUT2D eigenvalue weighted by Crippen LogP contribution is -2.13. The Morgan fingerprint density at radius 2 is 1.97 bits per heavy atom. The molecule has 4 rings (SSSR count). The summed E-state index contributed by atoms with van der Waals surface area (Å²) in [6, 6.07) is 13.0. The average Bonchev–Trinajstić information content (AvgIpc) is 3.39. The molecule has 30 heavy (non-hydrogen) atoms. The first-order valence-corrected chi connectivity index (χ1v) is 10.9. The van der Waals surface area contributed by atoms with Crippen molar-refractivity contribution in [1.29, 1.82) is 0 Å². The fourth-order valence-electron chi connectivity index (χ4n) is 2.61. The van der Waals surface area contributed by atoms with Gasteiger partial charge in [0.1, 0.15) is 11.5 Å². The van der Waals surface area contributed by atoms with Crippen molar-refractivity contribution < 1.29 is 18.7 Å². The normalized spacial score (nSPS) is 10.9. The van der Waals surface area contributed by atoms with E-state index in [4.69, 9.17) is 13.9 Å². The van der Waals surface area contributed by atoms with E-state index in [1.165, 1.54) is 23.1 Å². The maximum Gasteiger partial charge on any atom is 0.277 e. The molecule has 1 N–H and O–H groups in total. The molecule has 0 atom stereocenters. The molecule has 4 aromatic rings. The zero-order valence-corrected chi connectivity index (χ0v) is 17.9. The van der Waals surface area contributed by atoms with E-state index in [1.807, 2.05) is 49.4 Å². The molecule has 0 bridgehead atoms. The van der Waals surface area contributed by atoms with E-state index in [0.29, 0.717) is 22.9 Å². The van der Waals surface area contributed by atoms with E-state index in [9.17, 15) is 4.79 Å². The van der Waals surface area contributed by atoms with E-state index in [1.54, 1.807) is 7.11 Å². The van der Waals surface area contributed by atoms with Crippen LogP contribution >= 0.6 is 23.1 Å². The van der Waals surface area contributed by atoms with Crippen molar-refractivity contribution in [2.75, 3.05) is 24.8 Å². The highest BCUT2D eigenvalue weighted by Crippen LogP contribution is 2.30. The Hall–Kier alpha value is -3.11. The van der Waals surface area contributed by atoms with Crippen LogP contribution in [0.3, 0.4) is 0 Å². The van der Waals surface area contributed by atoms with Crippen LogP contribution < -0.4 is 14.8 Å². The first kappa shape index (κ1) is 20.2. The maximum atomic E-state index is 12.3. The number of rotatable bonds is 8. The lowest BCUT2D eigenvalue weighted by Gasteiger charge is -2.02. The van der Waals surface area contributed by atoms with Gasteiger partial charge in [-0.3, -0.25) is 4.79 Å². The van der Waals surface area contributed by atoms with Gasteiger partial charge in [0.2, 0.25) is 11.8 Å². The van der Waals surface area contributed by atoms with Crippen molar-refractivity contribution in [3.8, 4) is 23.0 Å². The molecule has 0 aliphatic carbocycles. The molecule has 2 heterocycles. The Morgan fingerprint density at radius 3 is 2.73 bits per heavy atom. The number of benzene rings is 2. The molecule has 0 radical (unpaired) electrons. The summed E-state index contributed by atoms with van der Waals surface area (Å²) >= 11 is 2.56. The molecule has 2 aromatic carbocycles. The number of hydrogen-bond acceptors (Lipinski definition) is 9. The number of aromatic nitrogens is 3. The third-order valence-electron chi connectivity index (χ3n) is 3.99. The molecule has 0 aliphatic rings. The Labute approximate surface area is 180 Å². The fraction of sp³-hybridized carbons (Fsp3) is 0.200. The number of fused-ring (bicyclic) bond motifs is 1. The van der Waals surface area contributed by atoms with E-state index in [-0.39, 0.29) is 11.7 Å². The van der Waals surface area contributed by atoms with Crippen LogP contribution in [0.2, 0.25) is 0 Å². The summed E-state index contributed by atoms with van der Waals surface area (Å²) in [5.74, 6) is 1.84. The van der Waals surface area contributed by atoms with E-state index in [2.05, 4.69) is 20.5 Å². The summed E-state index contributed by atoms with van der Waals surface area (Å²) in [5, 5.41) is 11.7. The van der Waals surface area contributed by atoms with Crippen molar-refractivity contribution in [2.45, 2.75) is 12.1 Å². The monoisotopic (exact) mass is 442 g/mol. The smallest absolute Gasteiger partial charge is 0.277 e. The van der Waals surface area contributed by atoms with E-state index < -0.39 is 0 Å². The summed E-state index contributed by atoms with van der Waals surface area (Å²) < 4.78 is 17.2. The van der Waals surface area contributed by atoms with Gasteiger partial charge in [0.25, 0.3) is 5.22 Å². The number of amides is 1. The van der Waals surface area contributed by atoms with Crippen molar-refractivity contribution >= 4 is 44.4 Å². The minimum absolute atomic E-state index is 0.129. The standard InChI is InChI=1S/C20H18N4O4S2/c1-3-27-13-6-4-12(5-7-13)18-23-24-20(28-18)29-11-17(25)22-19-21-15-9-8-14(26-2)10-16(15)30-19/h4-10H,3,11H2,1-2H3,(H,21,22,25). The molecule has 10 heteroatoms. The summed E-state index contributed by atoms with van der Waals surface area (Å²) in [4.78, 5) is 16.7. The molecular formula is C20H18N4O4S2. The first-order valence-electron chi connectivity index (χ1n) is 9.08. The van der Waals surface area contributed by atoms with Crippen LogP contribution in [0.25, 0.3) is 21.7 Å². The Bertz CT molecular complexity index is 1160. The van der Waals surface area contributed by atoms with Gasteiger partial charge in [-0.2, -0.15) is 0 Å². The lowest BCUT2D eigenvalue weighted by atomic mass is 10.2. The highest BCUT2D eigenvalue weighted by Gasteiger charge is 2.13. The first-order chi connectivity index (χ1) is 14.6. The van der Waals surface area contributed by atoms with Crippen molar-refractivity contribution in [3.05, 3.63) is 42.5 Å². The van der Waals surface area contributed by atoms with Gasteiger partial charge in [0, 0.05) is 5.56 Å². The zero-order valence-electron chi connectivity index (χ0n) is 16.2. The number of methoxy groups -OCH3 is 1. The number of nitrogens with one attached hydrogen (secondary N) is 1. The second kappa shape index (κ2) is 9.14. The number of ether oxygens (including phenoxy) is 2. The Morgan fingerprint density at radius 1 is 1.17 bits per heavy atom. The quantitative estimate of drug-likeness (QED) is 0.399. The van der Waals surface area contributed by atoms with Crippen LogP contribution in [0.15, 0.2) is 52.1 Å². The van der Waals surface area contributed by atoms with E-state index in [0.717, 1.165) is 27.3 Å². The maximum absolute atomic E-state index is 12.3. The third-order valence-corrected chi connectivity index (χ3v) is 5.74. The largest absolute Gasteiger partial charge is 0.497 e. The molecule has 2 aromatic heterocycles. The van der Waals surface area contributed by atoms with Gasteiger partial charge < -0.3 is 19.2 Å². The number of thioether (sulfide) groups is 1. The summed E-state index contributed by atoms with van der Waals surface area (Å²) in [5.41, 5.74) is 1.59. The van der Waals surface area contributed by atoms with Gasteiger partial charge in [-0.1, -0.05) is 23.1 Å². The number of anilines is 1. The van der Waals surface area contributed by atoms with Crippen LogP contribution in [-0.4, -0.2) is 40.6 Å². The van der Waals surface area contributed by atoms with Crippen molar-refractivity contribution in [3.63, 3.8) is 0 Å². The second-order valence-corrected chi connectivity index (χ2v) is 7.98. The molecule has 0 fully saturated rings. The average molecular weight is 443 g/mol. The molecule has 1 amide bonds. The van der Waals surface area contributed by atoms with E-state index >= 15 is 0 Å². The van der Waals surface area contributed by atoms with Crippen LogP contribution in [0.4, 0.5) is 5.13 Å². The van der Waals surface area contributed by atoms with Gasteiger partial charge in [-0.05, 0) is 49.4 Å². The van der Waals surface area contributed by atoms with Gasteiger partial charge >= 0.3 is 0 Å². The lowest BCUT2D eigenvalue weighted by molar-refractivity contribution is -0.113. The van der Waals surface area contributed by atoms with Crippen LogP contribution in [-0.2, 0) is 4.79 Å². The SMILES string of the molecule is CCOc1ccc(-c2nnc(SCC(=O)Nc3nc4ccc(OC)cc4s3)o2)cc1. The van der Waals surface area contributed by atoms with Crippen LogP contribution in [0.1, 0.15) is 6.92 Å². The number of carbonyl (C=O) groups is 1. The summed E-state index contributed by atoms with van der Waals surface area (Å²) in [6.45, 7) is 2.54. The van der Waals surface area contributed by atoms with Gasteiger partial charge in [0.05, 0.1) is 29.7 Å². The topological polar surface area (TPSA) is 99.4 Å². The number of nitrogens with zero attached hydrogens (tertiary/aromatic N) is 3. The number of hydrogen-bond donors (Lipinski definition) is 1. The second-order valence-electron chi connectivity index (χ2n) is 6.02. The predicted octanol–water partition coefficient (Wildman–Crippen LogP) is 4.48. The molecule has 0 spiro atoms. The number of carbonyl (C=O) groups excluding carboxylic acids is 1. The molecule has 0 saturated carbocycles. The highest BCUT2D eigenvalue weighted by atomic mass is 32.2. The third kappa shape index (κ3) is 4.71. The summed E-state index contributed by atoms with van der Waals surface area (Å²) in [7, 11) is 1.61. The predicted molar refractivity (Wildman–Crippen MR) is 116 cm³/mol. The minimum Gasteiger partial charge on any atom is -0.497 e. The van der Waals surface area contributed by atoms with Gasteiger partial charge in [-0.15, -0.1) is 10.2 Å². The van der Waals surface area contributed by atoms with Gasteiger partial charge in [0.15, 0.2) is 5.13 Å². The van der Waals surface area contributed by atoms with Crippen LogP contribution in [0, 0.1) is 0 Å². The molecule has 154 valence electrons. The molecule has 0 aliphatic heterocycles. The molecule has 0 saturated heterocycles.